The lowest BCUT2D eigenvalue weighted by molar-refractivity contribution is 1.22. The summed E-state index contributed by atoms with van der Waals surface area (Å²) in [5.41, 5.74) is 1.64. The van der Waals surface area contributed by atoms with E-state index in [0.29, 0.717) is 17.1 Å². The standard InChI is InChI=1S/C11H9N3/c12-11(9-5-1-3-7-13-9)10-6-2-4-8-14-10/h1-8,12H. The Morgan fingerprint density at radius 3 is 1.71 bits per heavy atom. The minimum absolute atomic E-state index is 0.353. The highest BCUT2D eigenvalue weighted by molar-refractivity contribution is 6.08. The van der Waals surface area contributed by atoms with E-state index in [-0.39, 0.29) is 0 Å². The number of aromatic nitrogens is 2. The van der Waals surface area contributed by atoms with Crippen molar-refractivity contribution in [2.24, 2.45) is 0 Å². The summed E-state index contributed by atoms with van der Waals surface area (Å²) in [7, 11) is 0. The fraction of sp³-hybridized carbons (Fsp3) is 0. The van der Waals surface area contributed by atoms with Crippen molar-refractivity contribution in [2.45, 2.75) is 0 Å². The van der Waals surface area contributed by atoms with Gasteiger partial charge in [0.05, 0.1) is 11.4 Å². The van der Waals surface area contributed by atoms with Gasteiger partial charge in [-0.15, -0.1) is 0 Å². The van der Waals surface area contributed by atoms with Gasteiger partial charge in [0.15, 0.2) is 0 Å². The normalized spacial score (nSPS) is 9.71. The molecule has 1 N–H and O–H groups in total. The number of nitrogens with zero attached hydrogens (tertiary/aromatic N) is 2. The molecule has 0 aliphatic carbocycles. The first-order valence-corrected chi connectivity index (χ1v) is 4.29. The zero-order valence-corrected chi connectivity index (χ0v) is 7.51. The molecule has 0 amide bonds. The van der Waals surface area contributed by atoms with Crippen molar-refractivity contribution in [1.29, 1.82) is 5.41 Å². The highest BCUT2D eigenvalue weighted by atomic mass is 14.7. The first kappa shape index (κ1) is 8.56. The van der Waals surface area contributed by atoms with Gasteiger partial charge in [-0.3, -0.25) is 15.4 Å². The molecular weight excluding hydrogens is 174 g/mol. The molecule has 0 saturated heterocycles. The Morgan fingerprint density at radius 1 is 0.857 bits per heavy atom. The topological polar surface area (TPSA) is 49.6 Å². The van der Waals surface area contributed by atoms with E-state index in [0.717, 1.165) is 0 Å². The molecule has 68 valence electrons. The summed E-state index contributed by atoms with van der Waals surface area (Å²) in [5.74, 6) is 0. The van der Waals surface area contributed by atoms with Crippen LogP contribution in [0.1, 0.15) is 11.4 Å². The van der Waals surface area contributed by atoms with Gasteiger partial charge in [-0.1, -0.05) is 12.1 Å². The molecule has 2 aromatic rings. The van der Waals surface area contributed by atoms with Crippen LogP contribution in [-0.4, -0.2) is 15.7 Å². The van der Waals surface area contributed by atoms with Crippen molar-refractivity contribution in [2.75, 3.05) is 0 Å². The molecule has 0 atom stereocenters. The van der Waals surface area contributed by atoms with Crippen LogP contribution in [0.4, 0.5) is 0 Å². The fourth-order valence-electron chi connectivity index (χ4n) is 1.15. The van der Waals surface area contributed by atoms with Crippen LogP contribution in [0.25, 0.3) is 0 Å². The van der Waals surface area contributed by atoms with E-state index in [1.165, 1.54) is 0 Å². The summed E-state index contributed by atoms with van der Waals surface area (Å²) >= 11 is 0. The molecule has 3 heteroatoms. The maximum absolute atomic E-state index is 7.85. The number of pyridine rings is 2. The molecule has 3 nitrogen and oxygen atoms in total. The molecule has 2 aromatic heterocycles. The second-order valence-electron chi connectivity index (χ2n) is 2.80. The van der Waals surface area contributed by atoms with Crippen LogP contribution in [-0.2, 0) is 0 Å². The number of rotatable bonds is 2. The zero-order valence-electron chi connectivity index (χ0n) is 7.51. The van der Waals surface area contributed by atoms with Gasteiger partial charge in [0.2, 0.25) is 0 Å². The Morgan fingerprint density at radius 2 is 1.36 bits per heavy atom. The molecule has 14 heavy (non-hydrogen) atoms. The molecule has 0 bridgehead atoms. The maximum Gasteiger partial charge on any atom is 0.105 e. The Labute approximate surface area is 82.0 Å². The van der Waals surface area contributed by atoms with E-state index in [4.69, 9.17) is 5.41 Å². The van der Waals surface area contributed by atoms with Crippen molar-refractivity contribution in [3.05, 3.63) is 60.2 Å². The molecule has 0 spiro atoms. The minimum Gasteiger partial charge on any atom is -0.296 e. The molecule has 0 radical (unpaired) electrons. The van der Waals surface area contributed by atoms with Crippen LogP contribution in [0.15, 0.2) is 48.8 Å². The lowest BCUT2D eigenvalue weighted by Crippen LogP contribution is -2.05. The largest absolute Gasteiger partial charge is 0.296 e. The summed E-state index contributed by atoms with van der Waals surface area (Å²) in [5, 5.41) is 7.85. The first-order valence-electron chi connectivity index (χ1n) is 4.29. The third-order valence-corrected chi connectivity index (χ3v) is 1.84. The monoisotopic (exact) mass is 183 g/mol. The summed E-state index contributed by atoms with van der Waals surface area (Å²) < 4.78 is 0. The van der Waals surface area contributed by atoms with Crippen LogP contribution in [0.5, 0.6) is 0 Å². The quantitative estimate of drug-likeness (QED) is 0.723. The van der Waals surface area contributed by atoms with Gasteiger partial charge in [-0.2, -0.15) is 0 Å². The SMILES string of the molecule is N=C(c1ccccn1)c1ccccn1. The van der Waals surface area contributed by atoms with Gasteiger partial charge in [0.25, 0.3) is 0 Å². The molecule has 0 unspecified atom stereocenters. The van der Waals surface area contributed by atoms with Crippen LogP contribution in [0.3, 0.4) is 0 Å². The number of nitrogens with one attached hydrogen (secondary N) is 1. The van der Waals surface area contributed by atoms with E-state index in [9.17, 15) is 0 Å². The summed E-state index contributed by atoms with van der Waals surface area (Å²) in [4.78, 5) is 8.18. The first-order chi connectivity index (χ1) is 6.88. The van der Waals surface area contributed by atoms with Gasteiger partial charge in [0, 0.05) is 12.4 Å². The van der Waals surface area contributed by atoms with Crippen molar-refractivity contribution in [3.8, 4) is 0 Å². The highest BCUT2D eigenvalue weighted by Gasteiger charge is 2.04. The van der Waals surface area contributed by atoms with Gasteiger partial charge in [-0.25, -0.2) is 0 Å². The molecule has 0 aliphatic heterocycles. The van der Waals surface area contributed by atoms with Crippen LogP contribution < -0.4 is 0 Å². The van der Waals surface area contributed by atoms with Crippen molar-refractivity contribution < 1.29 is 0 Å². The average Bonchev–Trinajstić information content (AvgIpc) is 2.30. The predicted molar refractivity (Wildman–Crippen MR) is 54.4 cm³/mol. The van der Waals surface area contributed by atoms with E-state index < -0.39 is 0 Å². The Balaban J connectivity index is 2.35. The maximum atomic E-state index is 7.85. The molecule has 2 heterocycles. The van der Waals surface area contributed by atoms with Crippen LogP contribution in [0.2, 0.25) is 0 Å². The second kappa shape index (κ2) is 3.79. The molecule has 0 saturated carbocycles. The van der Waals surface area contributed by atoms with E-state index in [2.05, 4.69) is 9.97 Å². The Kier molecular flexibility index (Phi) is 2.32. The highest BCUT2D eigenvalue weighted by Crippen LogP contribution is 2.03. The van der Waals surface area contributed by atoms with Crippen LogP contribution in [0, 0.1) is 5.41 Å². The minimum atomic E-state index is 0.353. The zero-order chi connectivity index (χ0) is 9.80. The summed E-state index contributed by atoms with van der Waals surface area (Å²) in [6.45, 7) is 0. The smallest absolute Gasteiger partial charge is 0.105 e. The van der Waals surface area contributed by atoms with Crippen molar-refractivity contribution in [3.63, 3.8) is 0 Å². The molecular formula is C11H9N3. The lowest BCUT2D eigenvalue weighted by Gasteiger charge is -2.00. The van der Waals surface area contributed by atoms with E-state index in [1.807, 2.05) is 24.3 Å². The Hall–Kier alpha value is -2.03. The lowest BCUT2D eigenvalue weighted by atomic mass is 10.1. The second-order valence-corrected chi connectivity index (χ2v) is 2.80. The average molecular weight is 183 g/mol. The summed E-state index contributed by atoms with van der Waals surface area (Å²) in [6, 6.07) is 11.0. The molecule has 2 rings (SSSR count). The fourth-order valence-corrected chi connectivity index (χ4v) is 1.15. The number of hydrogen-bond acceptors (Lipinski definition) is 3. The van der Waals surface area contributed by atoms with Crippen LogP contribution >= 0.6 is 0 Å². The van der Waals surface area contributed by atoms with Gasteiger partial charge in [0.1, 0.15) is 5.71 Å². The van der Waals surface area contributed by atoms with E-state index in [1.54, 1.807) is 24.5 Å². The predicted octanol–water partition coefficient (Wildman–Crippen LogP) is 1.89. The molecule has 0 fully saturated rings. The number of hydrogen-bond donors (Lipinski definition) is 1. The van der Waals surface area contributed by atoms with Crippen molar-refractivity contribution in [1.82, 2.24) is 9.97 Å². The molecule has 0 aromatic carbocycles. The Bertz CT molecular complexity index is 381. The van der Waals surface area contributed by atoms with Gasteiger partial charge in [-0.05, 0) is 24.3 Å². The third kappa shape index (κ3) is 1.66. The van der Waals surface area contributed by atoms with E-state index >= 15 is 0 Å². The molecule has 0 aliphatic rings. The van der Waals surface area contributed by atoms with Gasteiger partial charge >= 0.3 is 0 Å². The van der Waals surface area contributed by atoms with Crippen molar-refractivity contribution >= 4 is 5.71 Å². The van der Waals surface area contributed by atoms with Gasteiger partial charge < -0.3 is 0 Å². The summed E-state index contributed by atoms with van der Waals surface area (Å²) in [6.07, 6.45) is 3.35. The third-order valence-electron chi connectivity index (χ3n) is 1.84.